The second-order valence-electron chi connectivity index (χ2n) is 4.26. The average molecular weight is 374 g/mol. The first-order valence-corrected chi connectivity index (χ1v) is 9.19. The Labute approximate surface area is 156 Å². The van der Waals surface area contributed by atoms with Gasteiger partial charge in [0.25, 0.3) is 5.91 Å². The smallest absolute Gasteiger partial charge is 0.726 e. The van der Waals surface area contributed by atoms with Crippen molar-refractivity contribution in [3.05, 3.63) is 29.8 Å². The molecule has 3 N–H and O–H groups in total. The standard InChI is InChI=1S/C11H16N2O7S2.Na/c12-10-3-1-9(2-4-10)11(14)13-5-7-21(15,16)8-6-20-22(17,18)19;/h1-4H,5-8,12H2,(H,13,14)(H,17,18,19);/q;+1/p-1. The average Bonchev–Trinajstić information content (AvgIpc) is 2.37. The van der Waals surface area contributed by atoms with Crippen LogP contribution in [0.1, 0.15) is 10.4 Å². The zero-order chi connectivity index (χ0) is 16.8. The Bertz CT molecular complexity index is 717. The molecule has 9 nitrogen and oxygen atoms in total. The van der Waals surface area contributed by atoms with Gasteiger partial charge in [0.2, 0.25) is 10.4 Å². The third kappa shape index (κ3) is 9.91. The van der Waals surface area contributed by atoms with Crippen molar-refractivity contribution >= 4 is 31.8 Å². The third-order valence-electron chi connectivity index (χ3n) is 2.49. The molecule has 0 atom stereocenters. The normalized spacial score (nSPS) is 11.5. The molecule has 0 saturated heterocycles. The second-order valence-corrected chi connectivity index (χ2v) is 7.62. The topological polar surface area (TPSA) is 156 Å². The van der Waals surface area contributed by atoms with E-state index < -0.39 is 44.3 Å². The molecule has 1 rings (SSSR count). The van der Waals surface area contributed by atoms with E-state index in [1.807, 2.05) is 0 Å². The van der Waals surface area contributed by atoms with Gasteiger partial charge in [-0.2, -0.15) is 0 Å². The Kier molecular flexibility index (Phi) is 9.28. The van der Waals surface area contributed by atoms with Crippen molar-refractivity contribution < 1.29 is 59.9 Å². The molecule has 0 fully saturated rings. The second kappa shape index (κ2) is 9.57. The van der Waals surface area contributed by atoms with Crippen LogP contribution in [0.5, 0.6) is 0 Å². The molecule has 0 heterocycles. The number of hydrogen-bond acceptors (Lipinski definition) is 8. The monoisotopic (exact) mass is 374 g/mol. The van der Waals surface area contributed by atoms with Crippen molar-refractivity contribution in [2.45, 2.75) is 0 Å². The number of amides is 1. The quantitative estimate of drug-likeness (QED) is 0.201. The Morgan fingerprint density at radius 2 is 1.70 bits per heavy atom. The van der Waals surface area contributed by atoms with Crippen molar-refractivity contribution in [1.82, 2.24) is 5.32 Å². The van der Waals surface area contributed by atoms with Gasteiger partial charge >= 0.3 is 29.6 Å². The maximum absolute atomic E-state index is 11.7. The summed E-state index contributed by atoms with van der Waals surface area (Å²) in [5, 5.41) is 2.40. The molecular weight excluding hydrogens is 359 g/mol. The van der Waals surface area contributed by atoms with Crippen molar-refractivity contribution in [1.29, 1.82) is 0 Å². The third-order valence-corrected chi connectivity index (χ3v) is 4.56. The molecule has 0 radical (unpaired) electrons. The zero-order valence-electron chi connectivity index (χ0n) is 12.4. The number of rotatable bonds is 8. The Balaban J connectivity index is 0.00000484. The van der Waals surface area contributed by atoms with E-state index in [1.54, 1.807) is 0 Å². The van der Waals surface area contributed by atoms with Crippen LogP contribution < -0.4 is 40.6 Å². The molecule has 0 saturated carbocycles. The summed E-state index contributed by atoms with van der Waals surface area (Å²) in [6, 6.07) is 6.05. The number of nitrogens with one attached hydrogen (secondary N) is 1. The maximum atomic E-state index is 11.7. The number of carbonyl (C=O) groups is 1. The molecule has 0 aliphatic carbocycles. The Hall–Kier alpha value is -0.690. The number of nitrogen functional groups attached to an aromatic ring is 1. The summed E-state index contributed by atoms with van der Waals surface area (Å²) < 4.78 is 57.4. The maximum Gasteiger partial charge on any atom is 1.00 e. The van der Waals surface area contributed by atoms with Gasteiger partial charge in [-0.05, 0) is 24.3 Å². The van der Waals surface area contributed by atoms with Gasteiger partial charge in [-0.15, -0.1) is 0 Å². The van der Waals surface area contributed by atoms with E-state index in [0.29, 0.717) is 11.3 Å². The summed E-state index contributed by atoms with van der Waals surface area (Å²) in [6.07, 6.45) is 0. The molecule has 1 amide bonds. The summed E-state index contributed by atoms with van der Waals surface area (Å²) in [5.74, 6) is -1.50. The molecule has 0 aliphatic rings. The Morgan fingerprint density at radius 3 is 2.22 bits per heavy atom. The zero-order valence-corrected chi connectivity index (χ0v) is 16.0. The molecule has 0 bridgehead atoms. The number of sulfone groups is 1. The van der Waals surface area contributed by atoms with Gasteiger partial charge in [-0.25, -0.2) is 16.8 Å². The van der Waals surface area contributed by atoms with Gasteiger partial charge < -0.3 is 15.6 Å². The minimum Gasteiger partial charge on any atom is -0.726 e. The fourth-order valence-corrected chi connectivity index (χ4v) is 2.77. The summed E-state index contributed by atoms with van der Waals surface area (Å²) in [5.41, 5.74) is 6.29. The first-order valence-electron chi connectivity index (χ1n) is 6.03. The van der Waals surface area contributed by atoms with E-state index >= 15 is 0 Å². The molecular formula is C11H15N2NaO7S2. The number of anilines is 1. The summed E-state index contributed by atoms with van der Waals surface area (Å²) in [4.78, 5) is 11.7. The van der Waals surface area contributed by atoms with E-state index in [2.05, 4.69) is 9.50 Å². The van der Waals surface area contributed by atoms with E-state index in [4.69, 9.17) is 5.73 Å². The van der Waals surface area contributed by atoms with Gasteiger partial charge in [-0.1, -0.05) is 0 Å². The van der Waals surface area contributed by atoms with Crippen molar-refractivity contribution in [3.63, 3.8) is 0 Å². The first kappa shape index (κ1) is 22.3. The Morgan fingerprint density at radius 1 is 1.13 bits per heavy atom. The SMILES string of the molecule is Nc1ccc(C(=O)NCCS(=O)(=O)CCOS(=O)(=O)[O-])cc1.[Na+]. The molecule has 1 aromatic carbocycles. The van der Waals surface area contributed by atoms with Crippen molar-refractivity contribution in [2.24, 2.45) is 0 Å². The van der Waals surface area contributed by atoms with E-state index in [-0.39, 0.29) is 36.1 Å². The van der Waals surface area contributed by atoms with Crippen LogP contribution >= 0.6 is 0 Å². The minimum absolute atomic E-state index is 0. The van der Waals surface area contributed by atoms with E-state index in [0.717, 1.165) is 0 Å². The first-order chi connectivity index (χ1) is 10.1. The molecule has 0 spiro atoms. The van der Waals surface area contributed by atoms with Crippen LogP contribution in [0.4, 0.5) is 5.69 Å². The summed E-state index contributed by atoms with van der Waals surface area (Å²) >= 11 is 0. The molecule has 23 heavy (non-hydrogen) atoms. The van der Waals surface area contributed by atoms with Crippen LogP contribution in [0.25, 0.3) is 0 Å². The predicted molar refractivity (Wildman–Crippen MR) is 77.5 cm³/mol. The van der Waals surface area contributed by atoms with Crippen molar-refractivity contribution in [2.75, 3.05) is 30.4 Å². The molecule has 0 aliphatic heterocycles. The van der Waals surface area contributed by atoms with Gasteiger partial charge in [0.1, 0.15) is 0 Å². The number of hydrogen-bond donors (Lipinski definition) is 2. The summed E-state index contributed by atoms with van der Waals surface area (Å²) in [6.45, 7) is -0.907. The molecule has 0 aromatic heterocycles. The van der Waals surface area contributed by atoms with Gasteiger partial charge in [0.15, 0.2) is 9.84 Å². The number of carbonyl (C=O) groups excluding carboxylic acids is 1. The van der Waals surface area contributed by atoms with Crippen LogP contribution in [0, 0.1) is 0 Å². The number of nitrogens with two attached hydrogens (primary N) is 1. The number of benzene rings is 1. The van der Waals surface area contributed by atoms with E-state index in [1.165, 1.54) is 24.3 Å². The molecule has 0 unspecified atom stereocenters. The fraction of sp³-hybridized carbons (Fsp3) is 0.364. The van der Waals surface area contributed by atoms with E-state index in [9.17, 15) is 26.2 Å². The van der Waals surface area contributed by atoms with Crippen LogP contribution in [-0.4, -0.2) is 52.0 Å². The van der Waals surface area contributed by atoms with Gasteiger partial charge in [-0.3, -0.25) is 8.98 Å². The predicted octanol–water partition coefficient (Wildman–Crippen LogP) is -4.11. The largest absolute Gasteiger partial charge is 1.00 e. The van der Waals surface area contributed by atoms with Crippen LogP contribution in [0.3, 0.4) is 0 Å². The molecule has 124 valence electrons. The van der Waals surface area contributed by atoms with Crippen LogP contribution in [0.2, 0.25) is 0 Å². The minimum atomic E-state index is -4.91. The fourth-order valence-electron chi connectivity index (χ4n) is 1.42. The molecule has 12 heteroatoms. The molecule has 1 aromatic rings. The van der Waals surface area contributed by atoms with Gasteiger partial charge in [0.05, 0.1) is 18.1 Å². The van der Waals surface area contributed by atoms with Gasteiger partial charge in [0, 0.05) is 17.8 Å². The summed E-state index contributed by atoms with van der Waals surface area (Å²) in [7, 11) is -8.57. The van der Waals surface area contributed by atoms with Crippen LogP contribution in [-0.2, 0) is 24.4 Å². The van der Waals surface area contributed by atoms with Crippen LogP contribution in [0.15, 0.2) is 24.3 Å². The van der Waals surface area contributed by atoms with Crippen molar-refractivity contribution in [3.8, 4) is 0 Å².